The molecule has 2 nitrogen and oxygen atoms in total. The van der Waals surface area contributed by atoms with E-state index in [2.05, 4.69) is 103 Å². The molecule has 0 aliphatic carbocycles. The van der Waals surface area contributed by atoms with Crippen LogP contribution in [0.4, 0.5) is 0 Å². The molecule has 2 aromatic carbocycles. The molecule has 0 saturated carbocycles. The molecular formula is C26H33BN2. The molecule has 0 unspecified atom stereocenters. The Hall–Kier alpha value is -2.55. The van der Waals surface area contributed by atoms with Crippen LogP contribution in [-0.4, -0.2) is 17.4 Å². The van der Waals surface area contributed by atoms with Crippen LogP contribution >= 0.6 is 0 Å². The van der Waals surface area contributed by atoms with Gasteiger partial charge in [-0.2, -0.15) is 0 Å². The maximum absolute atomic E-state index is 5.52. The average molecular weight is 384 g/mol. The predicted octanol–water partition coefficient (Wildman–Crippen LogP) is 6.77. The lowest BCUT2D eigenvalue weighted by Gasteiger charge is -2.16. The average Bonchev–Trinajstić information content (AvgIpc) is 3.25. The predicted molar refractivity (Wildman–Crippen MR) is 126 cm³/mol. The Morgan fingerprint density at radius 1 is 0.931 bits per heavy atom. The lowest BCUT2D eigenvalue weighted by molar-refractivity contribution is 0.652. The second kappa shape index (κ2) is 12.8. The summed E-state index contributed by atoms with van der Waals surface area (Å²) in [6.07, 6.45) is 11.0. The van der Waals surface area contributed by atoms with Gasteiger partial charge in [-0.1, -0.05) is 93.0 Å². The molecule has 1 aromatic heterocycles. The summed E-state index contributed by atoms with van der Waals surface area (Å²) in [7, 11) is 5.52. The van der Waals surface area contributed by atoms with Crippen LogP contribution in [0.15, 0.2) is 85.2 Å². The van der Waals surface area contributed by atoms with E-state index < -0.39 is 0 Å². The van der Waals surface area contributed by atoms with Crippen LogP contribution in [-0.2, 0) is 6.54 Å². The molecule has 150 valence electrons. The van der Waals surface area contributed by atoms with E-state index in [1.54, 1.807) is 0 Å². The zero-order valence-corrected chi connectivity index (χ0v) is 18.0. The molecule has 0 atom stereocenters. The number of imidazole rings is 1. The third-order valence-electron chi connectivity index (χ3n) is 4.88. The first-order valence-electron chi connectivity index (χ1n) is 10.6. The Morgan fingerprint density at radius 3 is 1.97 bits per heavy atom. The minimum Gasteiger partial charge on any atom is -0.335 e. The number of hydrogen-bond donors (Lipinski definition) is 0. The van der Waals surface area contributed by atoms with E-state index in [0.717, 1.165) is 25.7 Å². The summed E-state index contributed by atoms with van der Waals surface area (Å²) in [5.74, 6) is 2.15. The van der Waals surface area contributed by atoms with Crippen molar-refractivity contribution in [2.75, 3.05) is 0 Å². The zero-order valence-electron chi connectivity index (χ0n) is 18.0. The van der Waals surface area contributed by atoms with E-state index in [1.165, 1.54) is 17.0 Å². The first-order valence-corrected chi connectivity index (χ1v) is 10.6. The fourth-order valence-corrected chi connectivity index (χ4v) is 3.37. The van der Waals surface area contributed by atoms with Gasteiger partial charge in [-0.15, -0.1) is 0 Å². The van der Waals surface area contributed by atoms with Crippen LogP contribution in [0.5, 0.6) is 0 Å². The Kier molecular flexibility index (Phi) is 10.1. The van der Waals surface area contributed by atoms with Gasteiger partial charge in [0.2, 0.25) is 0 Å². The van der Waals surface area contributed by atoms with Crippen LogP contribution in [0.2, 0.25) is 6.32 Å². The summed E-state index contributed by atoms with van der Waals surface area (Å²) in [4.78, 5) is 4.25. The molecule has 3 heteroatoms. The SMILES string of the molecule is CCn1ccnc1C(C)C.[B]CCC=CCC(c1ccccc1)c1ccccc1. The lowest BCUT2D eigenvalue weighted by atomic mass is 9.88. The second-order valence-corrected chi connectivity index (χ2v) is 7.38. The summed E-state index contributed by atoms with van der Waals surface area (Å²) >= 11 is 0. The third-order valence-corrected chi connectivity index (χ3v) is 4.88. The summed E-state index contributed by atoms with van der Waals surface area (Å²) in [5, 5.41) is 0. The van der Waals surface area contributed by atoms with Gasteiger partial charge in [-0.05, 0) is 30.9 Å². The molecule has 3 aromatic rings. The maximum atomic E-state index is 5.52. The van der Waals surface area contributed by atoms with Gasteiger partial charge in [0.1, 0.15) is 5.82 Å². The van der Waals surface area contributed by atoms with Crippen LogP contribution in [0.3, 0.4) is 0 Å². The fourth-order valence-electron chi connectivity index (χ4n) is 3.37. The number of aryl methyl sites for hydroxylation is 1. The molecule has 0 saturated heterocycles. The molecule has 3 rings (SSSR count). The molecule has 0 N–H and O–H groups in total. The third kappa shape index (κ3) is 7.42. The first-order chi connectivity index (χ1) is 14.2. The Bertz CT molecular complexity index is 783. The normalized spacial score (nSPS) is 11.1. The van der Waals surface area contributed by atoms with Gasteiger partial charge in [0.25, 0.3) is 0 Å². The maximum Gasteiger partial charge on any atom is 0.111 e. The molecule has 29 heavy (non-hydrogen) atoms. The molecule has 0 bridgehead atoms. The highest BCUT2D eigenvalue weighted by molar-refractivity contribution is 6.08. The summed E-state index contributed by atoms with van der Waals surface area (Å²) in [6.45, 7) is 7.48. The van der Waals surface area contributed by atoms with Crippen LogP contribution in [0.25, 0.3) is 0 Å². The summed E-state index contributed by atoms with van der Waals surface area (Å²) in [6, 6.07) is 21.4. The van der Waals surface area contributed by atoms with E-state index in [9.17, 15) is 0 Å². The van der Waals surface area contributed by atoms with Crippen LogP contribution < -0.4 is 0 Å². The van der Waals surface area contributed by atoms with Crippen molar-refractivity contribution in [2.24, 2.45) is 0 Å². The molecular weight excluding hydrogens is 351 g/mol. The zero-order chi connectivity index (χ0) is 20.9. The molecule has 0 spiro atoms. The number of allylic oxidation sites excluding steroid dienone is 2. The van der Waals surface area contributed by atoms with Gasteiger partial charge in [-0.25, -0.2) is 4.98 Å². The largest absolute Gasteiger partial charge is 0.335 e. The lowest BCUT2D eigenvalue weighted by Crippen LogP contribution is -2.01. The van der Waals surface area contributed by atoms with Gasteiger partial charge < -0.3 is 4.57 Å². The topological polar surface area (TPSA) is 17.8 Å². The quantitative estimate of drug-likeness (QED) is 0.310. The Labute approximate surface area is 178 Å². The first kappa shape index (κ1) is 22.7. The van der Waals surface area contributed by atoms with Crippen molar-refractivity contribution in [1.82, 2.24) is 9.55 Å². The highest BCUT2D eigenvalue weighted by atomic mass is 15.1. The van der Waals surface area contributed by atoms with Crippen molar-refractivity contribution >= 4 is 7.85 Å². The molecule has 2 radical (unpaired) electrons. The molecule has 0 aliphatic rings. The molecule has 0 amide bonds. The Morgan fingerprint density at radius 2 is 1.52 bits per heavy atom. The Balaban J connectivity index is 0.000000253. The van der Waals surface area contributed by atoms with Crippen molar-refractivity contribution in [2.45, 2.75) is 58.3 Å². The van der Waals surface area contributed by atoms with Crippen molar-refractivity contribution in [3.63, 3.8) is 0 Å². The van der Waals surface area contributed by atoms with E-state index in [0.29, 0.717) is 11.8 Å². The van der Waals surface area contributed by atoms with Gasteiger partial charge in [0, 0.05) is 30.8 Å². The van der Waals surface area contributed by atoms with Crippen molar-refractivity contribution in [1.29, 1.82) is 0 Å². The van der Waals surface area contributed by atoms with Gasteiger partial charge in [-0.3, -0.25) is 0 Å². The monoisotopic (exact) mass is 384 g/mol. The van der Waals surface area contributed by atoms with Gasteiger partial charge in [0.05, 0.1) is 7.85 Å². The summed E-state index contributed by atoms with van der Waals surface area (Å²) in [5.41, 5.74) is 2.73. The number of hydrogen-bond acceptors (Lipinski definition) is 1. The number of rotatable bonds is 8. The number of nitrogens with zero attached hydrogens (tertiary/aromatic N) is 2. The summed E-state index contributed by atoms with van der Waals surface area (Å²) < 4.78 is 2.17. The van der Waals surface area contributed by atoms with Gasteiger partial charge >= 0.3 is 0 Å². The minimum atomic E-state index is 0.427. The molecule has 0 fully saturated rings. The van der Waals surface area contributed by atoms with Crippen molar-refractivity contribution in [3.8, 4) is 0 Å². The standard InChI is InChI=1S/C18H19B.C8H14N2/c19-15-9-3-8-14-18(16-10-4-1-5-11-16)17-12-6-2-7-13-17;1-4-10-6-5-9-8(10)7(2)3/h1-8,10-13,18H,9,14-15H2;5-7H,4H2,1-3H3. The van der Waals surface area contributed by atoms with Gasteiger partial charge in [0.15, 0.2) is 0 Å². The number of benzene rings is 2. The highest BCUT2D eigenvalue weighted by Gasteiger charge is 2.11. The van der Waals surface area contributed by atoms with Crippen LogP contribution in [0, 0.1) is 0 Å². The smallest absolute Gasteiger partial charge is 0.111 e. The molecule has 1 heterocycles. The molecule has 0 aliphatic heterocycles. The van der Waals surface area contributed by atoms with Crippen LogP contribution in [0.1, 0.15) is 62.4 Å². The highest BCUT2D eigenvalue weighted by Crippen LogP contribution is 2.28. The van der Waals surface area contributed by atoms with E-state index in [-0.39, 0.29) is 0 Å². The van der Waals surface area contributed by atoms with Crippen molar-refractivity contribution in [3.05, 3.63) is 102 Å². The van der Waals surface area contributed by atoms with E-state index >= 15 is 0 Å². The van der Waals surface area contributed by atoms with E-state index in [4.69, 9.17) is 7.85 Å². The number of aromatic nitrogens is 2. The fraction of sp³-hybridized carbons (Fsp3) is 0.346. The van der Waals surface area contributed by atoms with Crippen molar-refractivity contribution < 1.29 is 0 Å². The van der Waals surface area contributed by atoms with E-state index in [1.807, 2.05) is 12.4 Å². The minimum absolute atomic E-state index is 0.427. The second-order valence-electron chi connectivity index (χ2n) is 7.38.